The van der Waals surface area contributed by atoms with Crippen LogP contribution in [-0.2, 0) is 11.2 Å². The topological polar surface area (TPSA) is 32.3 Å². The standard InChI is InChI=1S/C13H12B2O2S/c1-8-2-4-10-12(6-8)18(16)13-7-9(15-14)3-5-11(13)17-10/h2-7,15H,14H2,1H3. The highest BCUT2D eigenvalue weighted by Crippen LogP contribution is 2.42. The second kappa shape index (κ2) is 4.41. The molecule has 0 fully saturated rings. The van der Waals surface area contributed by atoms with Gasteiger partial charge in [0, 0.05) is 17.2 Å². The van der Waals surface area contributed by atoms with E-state index >= 15 is 0 Å². The maximum atomic E-state index is 12.6. The molecule has 18 heavy (non-hydrogen) atoms. The maximum Gasteiger partial charge on any atom is 0.201 e. The Morgan fingerprint density at radius 1 is 1.11 bits per heavy atom. The second-order valence-electron chi connectivity index (χ2n) is 4.46. The van der Waals surface area contributed by atoms with Crippen LogP contribution in [0.1, 0.15) is 5.56 Å². The van der Waals surface area contributed by atoms with Gasteiger partial charge in [0.05, 0.1) is 7.74 Å². The van der Waals surface area contributed by atoms with Crippen molar-refractivity contribution in [1.29, 1.82) is 0 Å². The fourth-order valence-corrected chi connectivity index (χ4v) is 3.46. The van der Waals surface area contributed by atoms with Crippen molar-refractivity contribution < 1.29 is 9.29 Å². The number of hydrogen-bond donors (Lipinski definition) is 0. The quantitative estimate of drug-likeness (QED) is 0.558. The Hall–Kier alpha value is -1.32. The highest BCUT2D eigenvalue weighted by atomic mass is 32.2. The zero-order valence-corrected chi connectivity index (χ0v) is 11.2. The zero-order valence-electron chi connectivity index (χ0n) is 10.4. The van der Waals surface area contributed by atoms with Crippen molar-refractivity contribution in [3.8, 4) is 11.5 Å². The van der Waals surface area contributed by atoms with Crippen LogP contribution in [0.15, 0.2) is 46.2 Å². The molecular weight excluding hydrogens is 242 g/mol. The van der Waals surface area contributed by atoms with Crippen LogP contribution in [0.3, 0.4) is 0 Å². The van der Waals surface area contributed by atoms with Gasteiger partial charge in [0.15, 0.2) is 11.5 Å². The van der Waals surface area contributed by atoms with E-state index in [9.17, 15) is 4.55 Å². The van der Waals surface area contributed by atoms with Crippen molar-refractivity contribution in [2.24, 2.45) is 0 Å². The van der Waals surface area contributed by atoms with Crippen molar-refractivity contribution in [2.45, 2.75) is 16.7 Å². The lowest BCUT2D eigenvalue weighted by Crippen LogP contribution is -2.19. The molecule has 88 valence electrons. The Morgan fingerprint density at radius 3 is 2.50 bits per heavy atom. The van der Waals surface area contributed by atoms with Crippen molar-refractivity contribution in [1.82, 2.24) is 0 Å². The third-order valence-corrected chi connectivity index (χ3v) is 4.57. The summed E-state index contributed by atoms with van der Waals surface area (Å²) >= 11 is -1.14. The largest absolute Gasteiger partial charge is 0.606 e. The SMILES string of the molecule is BBc1ccc2c(c1)[S+]([O-])c1cc(C)ccc1O2. The summed E-state index contributed by atoms with van der Waals surface area (Å²) in [7, 11) is 3.03. The highest BCUT2D eigenvalue weighted by molar-refractivity contribution is 7.91. The summed E-state index contributed by atoms with van der Waals surface area (Å²) in [4.78, 5) is 1.56. The van der Waals surface area contributed by atoms with Crippen LogP contribution < -0.4 is 10.2 Å². The Balaban J connectivity index is 2.13. The van der Waals surface area contributed by atoms with Crippen molar-refractivity contribution in [3.63, 3.8) is 0 Å². The van der Waals surface area contributed by atoms with Gasteiger partial charge in [-0.05, 0) is 30.7 Å². The minimum Gasteiger partial charge on any atom is -0.606 e. The summed E-state index contributed by atoms with van der Waals surface area (Å²) in [5.41, 5.74) is 2.28. The van der Waals surface area contributed by atoms with E-state index < -0.39 is 11.2 Å². The average molecular weight is 254 g/mol. The number of benzene rings is 2. The van der Waals surface area contributed by atoms with Crippen LogP contribution in [0.25, 0.3) is 0 Å². The van der Waals surface area contributed by atoms with E-state index in [1.165, 1.54) is 5.46 Å². The molecule has 0 saturated heterocycles. The molecule has 2 aromatic carbocycles. The third-order valence-electron chi connectivity index (χ3n) is 3.13. The molecule has 1 heterocycles. The van der Waals surface area contributed by atoms with Gasteiger partial charge in [-0.15, -0.1) is 0 Å². The summed E-state index contributed by atoms with van der Waals surface area (Å²) in [5.74, 6) is 1.41. The molecule has 0 saturated carbocycles. The Kier molecular flexibility index (Phi) is 2.88. The van der Waals surface area contributed by atoms with Gasteiger partial charge in [0.25, 0.3) is 0 Å². The van der Waals surface area contributed by atoms with E-state index in [2.05, 4.69) is 7.74 Å². The van der Waals surface area contributed by atoms with Crippen molar-refractivity contribution in [3.05, 3.63) is 42.0 Å². The van der Waals surface area contributed by atoms with Crippen LogP contribution in [0.4, 0.5) is 0 Å². The van der Waals surface area contributed by atoms with Crippen LogP contribution in [0, 0.1) is 6.92 Å². The van der Waals surface area contributed by atoms with Crippen LogP contribution in [-0.4, -0.2) is 19.5 Å². The van der Waals surface area contributed by atoms with E-state index in [0.717, 1.165) is 22.5 Å². The van der Waals surface area contributed by atoms with Crippen molar-refractivity contribution >= 4 is 31.5 Å². The minimum atomic E-state index is -1.14. The number of fused-ring (bicyclic) bond motifs is 2. The van der Waals surface area contributed by atoms with Gasteiger partial charge >= 0.3 is 0 Å². The molecule has 5 heteroatoms. The molecule has 1 aliphatic rings. The lowest BCUT2D eigenvalue weighted by atomic mass is 9.51. The molecule has 1 atom stereocenters. The molecule has 3 rings (SSSR count). The Labute approximate surface area is 111 Å². The number of hydrogen-bond acceptors (Lipinski definition) is 2. The first-order valence-electron chi connectivity index (χ1n) is 6.02. The predicted molar refractivity (Wildman–Crippen MR) is 77.7 cm³/mol. The zero-order chi connectivity index (χ0) is 12.7. The van der Waals surface area contributed by atoms with E-state index in [4.69, 9.17) is 4.74 Å². The smallest absolute Gasteiger partial charge is 0.201 e. The predicted octanol–water partition coefficient (Wildman–Crippen LogP) is 0.877. The average Bonchev–Trinajstić information content (AvgIpc) is 2.40. The molecule has 0 bridgehead atoms. The van der Waals surface area contributed by atoms with E-state index in [-0.39, 0.29) is 0 Å². The van der Waals surface area contributed by atoms with Gasteiger partial charge in [0.1, 0.15) is 7.17 Å². The van der Waals surface area contributed by atoms with Gasteiger partial charge < -0.3 is 9.29 Å². The molecular formula is C13H12B2O2S. The normalized spacial score (nSPS) is 16.4. The van der Waals surface area contributed by atoms with Gasteiger partial charge in [-0.3, -0.25) is 0 Å². The Morgan fingerprint density at radius 2 is 1.78 bits per heavy atom. The summed E-state index contributed by atoms with van der Waals surface area (Å²) in [5, 5.41) is 0. The first-order valence-corrected chi connectivity index (χ1v) is 7.17. The molecule has 1 unspecified atom stereocenters. The molecule has 0 spiro atoms. The number of rotatable bonds is 1. The molecule has 0 radical (unpaired) electrons. The molecule has 2 aromatic rings. The molecule has 2 nitrogen and oxygen atoms in total. The maximum absolute atomic E-state index is 12.6. The van der Waals surface area contributed by atoms with E-state index in [0.29, 0.717) is 11.5 Å². The molecule has 0 N–H and O–H groups in total. The molecule has 0 aliphatic carbocycles. The second-order valence-corrected chi connectivity index (χ2v) is 5.87. The third kappa shape index (κ3) is 1.84. The minimum absolute atomic E-state index is 0.704. The van der Waals surface area contributed by atoms with Gasteiger partial charge in [0.2, 0.25) is 9.79 Å². The molecule has 0 aromatic heterocycles. The van der Waals surface area contributed by atoms with Gasteiger partial charge in [-0.1, -0.05) is 17.6 Å². The summed E-state index contributed by atoms with van der Waals surface area (Å²) < 4.78 is 18.4. The first-order chi connectivity index (χ1) is 8.69. The number of aryl methyl sites for hydroxylation is 1. The summed E-state index contributed by atoms with van der Waals surface area (Å²) in [6.45, 7) is 2.00. The lowest BCUT2D eigenvalue weighted by Gasteiger charge is -2.22. The Bertz CT molecular complexity index is 616. The van der Waals surface area contributed by atoms with Crippen LogP contribution in [0.2, 0.25) is 0 Å². The molecule has 0 amide bonds. The number of ether oxygens (including phenoxy) is 1. The fraction of sp³-hybridized carbons (Fsp3) is 0.0769. The summed E-state index contributed by atoms with van der Waals surface area (Å²) in [6.07, 6.45) is 0. The monoisotopic (exact) mass is 254 g/mol. The fourth-order valence-electron chi connectivity index (χ4n) is 2.08. The van der Waals surface area contributed by atoms with E-state index in [1.807, 2.05) is 43.3 Å². The van der Waals surface area contributed by atoms with Gasteiger partial charge in [-0.25, -0.2) is 0 Å². The summed E-state index contributed by atoms with van der Waals surface area (Å²) in [6, 6.07) is 11.7. The first kappa shape index (κ1) is 11.8. The van der Waals surface area contributed by atoms with E-state index in [1.54, 1.807) is 0 Å². The lowest BCUT2D eigenvalue weighted by molar-refractivity contribution is 0.443. The highest BCUT2D eigenvalue weighted by Gasteiger charge is 2.30. The molecule has 1 aliphatic heterocycles. The van der Waals surface area contributed by atoms with Crippen LogP contribution in [0.5, 0.6) is 11.5 Å². The van der Waals surface area contributed by atoms with Gasteiger partial charge in [-0.2, -0.15) is 0 Å². The van der Waals surface area contributed by atoms with Crippen molar-refractivity contribution in [2.75, 3.05) is 0 Å². The van der Waals surface area contributed by atoms with Crippen LogP contribution >= 0.6 is 0 Å².